The number of aromatic hydroxyl groups is 1. The van der Waals surface area contributed by atoms with Crippen molar-refractivity contribution in [2.75, 3.05) is 0 Å². The van der Waals surface area contributed by atoms with Crippen molar-refractivity contribution >= 4 is 17.0 Å². The molecule has 2 nitrogen and oxygen atoms in total. The number of benzene rings is 1. The molecule has 1 aromatic carbocycles. The van der Waals surface area contributed by atoms with Crippen molar-refractivity contribution in [3.05, 3.63) is 42.1 Å². The Hall–Kier alpha value is -1.83. The number of phenolic OH excluding ortho intramolecular Hbond substituents is 1. The highest BCUT2D eigenvalue weighted by Gasteiger charge is 2.24. The average Bonchev–Trinajstić information content (AvgIpc) is 2.43. The van der Waals surface area contributed by atoms with E-state index in [4.69, 9.17) is 0 Å². The second kappa shape index (κ2) is 6.74. The van der Waals surface area contributed by atoms with E-state index in [2.05, 4.69) is 45.7 Å². The molecule has 2 aromatic rings. The molecular formula is C21H29NO. The van der Waals surface area contributed by atoms with Crippen LogP contribution in [0.3, 0.4) is 0 Å². The van der Waals surface area contributed by atoms with E-state index in [9.17, 15) is 5.11 Å². The number of hydrogen-bond donors (Lipinski definition) is 1. The van der Waals surface area contributed by atoms with Crippen LogP contribution in [0.5, 0.6) is 5.75 Å². The summed E-state index contributed by atoms with van der Waals surface area (Å²) in [4.78, 5) is 4.27. The van der Waals surface area contributed by atoms with Crippen molar-refractivity contribution in [2.24, 2.45) is 10.8 Å². The molecule has 0 spiro atoms. The third-order valence-corrected chi connectivity index (χ3v) is 4.07. The van der Waals surface area contributed by atoms with E-state index in [0.29, 0.717) is 16.3 Å². The molecular weight excluding hydrogens is 282 g/mol. The molecule has 0 radical (unpaired) electrons. The number of rotatable bonds is 5. The Kier molecular flexibility index (Phi) is 5.13. The molecule has 1 N–H and O–H groups in total. The molecule has 2 rings (SSSR count). The number of aromatic nitrogens is 1. The Morgan fingerprint density at radius 1 is 1.09 bits per heavy atom. The fourth-order valence-corrected chi connectivity index (χ4v) is 3.49. The molecule has 0 saturated carbocycles. The smallest absolute Gasteiger partial charge is 0.148 e. The first-order valence-electron chi connectivity index (χ1n) is 8.41. The van der Waals surface area contributed by atoms with Crippen LogP contribution in [0.2, 0.25) is 0 Å². The number of phenols is 1. The van der Waals surface area contributed by atoms with Crippen molar-refractivity contribution in [3.8, 4) is 5.75 Å². The topological polar surface area (TPSA) is 33.1 Å². The maximum absolute atomic E-state index is 10.3. The summed E-state index contributed by atoms with van der Waals surface area (Å²) in [5.41, 5.74) is 2.19. The molecule has 0 aliphatic rings. The summed E-state index contributed by atoms with van der Waals surface area (Å²) in [6, 6.07) is 7.81. The van der Waals surface area contributed by atoms with E-state index < -0.39 is 0 Å². The molecule has 0 aliphatic carbocycles. The Morgan fingerprint density at radius 2 is 1.83 bits per heavy atom. The van der Waals surface area contributed by atoms with Crippen LogP contribution in [-0.2, 0) is 0 Å². The van der Waals surface area contributed by atoms with Gasteiger partial charge in [0.2, 0.25) is 0 Å². The second-order valence-electron chi connectivity index (χ2n) is 8.42. The Balaban J connectivity index is 2.03. The summed E-state index contributed by atoms with van der Waals surface area (Å²) in [5.74, 6) is 0.272. The van der Waals surface area contributed by atoms with Crippen molar-refractivity contribution in [3.63, 3.8) is 0 Å². The predicted molar refractivity (Wildman–Crippen MR) is 99.5 cm³/mol. The summed E-state index contributed by atoms with van der Waals surface area (Å²) in [6.45, 7) is 11.6. The van der Waals surface area contributed by atoms with Gasteiger partial charge in [-0.15, -0.1) is 0 Å². The van der Waals surface area contributed by atoms with Crippen LogP contribution < -0.4 is 0 Å². The largest absolute Gasteiger partial charge is 0.505 e. The van der Waals surface area contributed by atoms with Crippen molar-refractivity contribution in [1.29, 1.82) is 0 Å². The fourth-order valence-electron chi connectivity index (χ4n) is 3.49. The third kappa shape index (κ3) is 5.09. The quantitative estimate of drug-likeness (QED) is 0.713. The van der Waals surface area contributed by atoms with Gasteiger partial charge in [-0.25, -0.2) is 0 Å². The van der Waals surface area contributed by atoms with Crippen molar-refractivity contribution < 1.29 is 5.11 Å². The molecule has 2 heteroatoms. The van der Waals surface area contributed by atoms with Crippen molar-refractivity contribution in [1.82, 2.24) is 4.98 Å². The highest BCUT2D eigenvalue weighted by Crippen LogP contribution is 2.36. The zero-order chi connectivity index (χ0) is 17.1. The molecule has 0 saturated heterocycles. The minimum absolute atomic E-state index is 0.272. The van der Waals surface area contributed by atoms with E-state index in [1.165, 1.54) is 6.42 Å². The Bertz CT molecular complexity index is 693. The molecule has 0 fully saturated rings. The predicted octanol–water partition coefficient (Wildman–Crippen LogP) is 6.20. The van der Waals surface area contributed by atoms with Gasteiger partial charge in [0.05, 0.1) is 0 Å². The molecule has 124 valence electrons. The minimum atomic E-state index is 0.272. The summed E-state index contributed by atoms with van der Waals surface area (Å²) in [5, 5.41) is 11.3. The number of nitrogens with zero attached hydrogens (tertiary/aromatic N) is 1. The summed E-state index contributed by atoms with van der Waals surface area (Å²) < 4.78 is 0. The van der Waals surface area contributed by atoms with Crippen LogP contribution in [0.15, 0.2) is 36.5 Å². The Labute approximate surface area is 140 Å². The van der Waals surface area contributed by atoms with E-state index in [1.54, 1.807) is 6.20 Å². The molecule has 0 aliphatic heterocycles. The maximum Gasteiger partial charge on any atom is 0.148 e. The maximum atomic E-state index is 10.3. The lowest BCUT2D eigenvalue weighted by Gasteiger charge is -2.32. The van der Waals surface area contributed by atoms with Gasteiger partial charge in [-0.2, -0.15) is 0 Å². The summed E-state index contributed by atoms with van der Waals surface area (Å²) in [6.07, 6.45) is 9.25. The van der Waals surface area contributed by atoms with Gasteiger partial charge in [-0.3, -0.25) is 4.98 Å². The van der Waals surface area contributed by atoms with E-state index >= 15 is 0 Å². The summed E-state index contributed by atoms with van der Waals surface area (Å²) in [7, 11) is 0. The van der Waals surface area contributed by atoms with Crippen LogP contribution in [0.4, 0.5) is 0 Å². The van der Waals surface area contributed by atoms with Gasteiger partial charge in [-0.1, -0.05) is 65.0 Å². The summed E-state index contributed by atoms with van der Waals surface area (Å²) >= 11 is 0. The van der Waals surface area contributed by atoms with Gasteiger partial charge in [0.25, 0.3) is 0 Å². The highest BCUT2D eigenvalue weighted by atomic mass is 16.3. The lowest BCUT2D eigenvalue weighted by atomic mass is 9.74. The molecule has 23 heavy (non-hydrogen) atoms. The van der Waals surface area contributed by atoms with Crippen molar-refractivity contribution in [2.45, 2.75) is 53.9 Å². The third-order valence-electron chi connectivity index (χ3n) is 4.07. The molecule has 1 heterocycles. The van der Waals surface area contributed by atoms with Crippen LogP contribution >= 0.6 is 0 Å². The molecule has 0 unspecified atom stereocenters. The molecule has 0 bridgehead atoms. The van der Waals surface area contributed by atoms with E-state index in [1.807, 2.05) is 30.3 Å². The van der Waals surface area contributed by atoms with Crippen LogP contribution in [0.25, 0.3) is 17.0 Å². The first kappa shape index (κ1) is 17.5. The number of fused-ring (bicyclic) bond motifs is 1. The highest BCUT2D eigenvalue weighted by molar-refractivity contribution is 5.87. The van der Waals surface area contributed by atoms with Gasteiger partial charge in [-0.05, 0) is 36.2 Å². The lowest BCUT2D eigenvalue weighted by Crippen LogP contribution is -2.20. The zero-order valence-electron chi connectivity index (χ0n) is 15.1. The van der Waals surface area contributed by atoms with Gasteiger partial charge in [0, 0.05) is 17.1 Å². The number of allylic oxidation sites excluding steroid dienone is 1. The molecule has 0 atom stereocenters. The second-order valence-corrected chi connectivity index (χ2v) is 8.42. The standard InChI is InChI=1S/C21H29NO/c1-20(2,3)15-21(4,5)13-7-6-9-17-12-11-16-10-8-14-22-18(16)19(17)23/h6,8-12,14,23H,7,13,15H2,1-5H3/b9-6+. The van der Waals surface area contributed by atoms with Crippen LogP contribution in [-0.4, -0.2) is 10.1 Å². The van der Waals surface area contributed by atoms with Gasteiger partial charge < -0.3 is 5.11 Å². The zero-order valence-corrected chi connectivity index (χ0v) is 15.1. The number of pyridine rings is 1. The first-order valence-corrected chi connectivity index (χ1v) is 8.41. The monoisotopic (exact) mass is 311 g/mol. The minimum Gasteiger partial charge on any atom is -0.505 e. The van der Waals surface area contributed by atoms with Gasteiger partial charge in [0.15, 0.2) is 0 Å². The SMILES string of the molecule is CC(C)(C)CC(C)(C)CC/C=C/c1ccc2cccnc2c1O. The van der Waals surface area contributed by atoms with Crippen LogP contribution in [0, 0.1) is 10.8 Å². The normalized spacial score (nSPS) is 13.1. The van der Waals surface area contributed by atoms with Crippen LogP contribution in [0.1, 0.15) is 59.4 Å². The Morgan fingerprint density at radius 3 is 2.52 bits per heavy atom. The average molecular weight is 311 g/mol. The first-order chi connectivity index (χ1) is 10.7. The molecule has 1 aromatic heterocycles. The number of hydrogen-bond acceptors (Lipinski definition) is 2. The fraction of sp³-hybridized carbons (Fsp3) is 0.476. The van der Waals surface area contributed by atoms with E-state index in [0.717, 1.165) is 23.8 Å². The lowest BCUT2D eigenvalue weighted by molar-refractivity contribution is 0.200. The van der Waals surface area contributed by atoms with E-state index in [-0.39, 0.29) is 5.75 Å². The van der Waals surface area contributed by atoms with Gasteiger partial charge >= 0.3 is 0 Å². The van der Waals surface area contributed by atoms with Gasteiger partial charge in [0.1, 0.15) is 11.3 Å². The molecule has 0 amide bonds.